The molecule has 0 unspecified atom stereocenters. The van der Waals surface area contributed by atoms with Crippen molar-refractivity contribution in [3.05, 3.63) is 116 Å². The fraction of sp³-hybridized carbons (Fsp3) is 0. The summed E-state index contributed by atoms with van der Waals surface area (Å²) in [7, 11) is 0. The van der Waals surface area contributed by atoms with Gasteiger partial charge in [-0.25, -0.2) is 0 Å². The minimum absolute atomic E-state index is 1.19. The van der Waals surface area contributed by atoms with Gasteiger partial charge in [-0.1, -0.05) is 78.9 Å². The summed E-state index contributed by atoms with van der Waals surface area (Å²) in [5.74, 6) is 0. The number of nitrogens with zero attached hydrogens (tertiary/aromatic N) is 1. The molecule has 0 aliphatic heterocycles. The summed E-state index contributed by atoms with van der Waals surface area (Å²) in [6.45, 7) is 0. The molecule has 0 aliphatic rings. The normalized spacial score (nSPS) is 11.3. The average molecular weight is 381 g/mol. The van der Waals surface area contributed by atoms with Crippen molar-refractivity contribution in [1.82, 2.24) is 4.98 Å². The molecule has 6 rings (SSSR count). The summed E-state index contributed by atoms with van der Waals surface area (Å²) >= 11 is 0. The monoisotopic (exact) mass is 381 g/mol. The van der Waals surface area contributed by atoms with Gasteiger partial charge in [0.2, 0.25) is 0 Å². The second-order valence-corrected chi connectivity index (χ2v) is 7.67. The predicted molar refractivity (Wildman–Crippen MR) is 128 cm³/mol. The molecule has 0 saturated carbocycles. The van der Waals surface area contributed by atoms with Crippen molar-refractivity contribution in [2.24, 2.45) is 0 Å². The van der Waals surface area contributed by atoms with E-state index in [4.69, 9.17) is 0 Å². The minimum atomic E-state index is 1.19. The van der Waals surface area contributed by atoms with Crippen LogP contribution >= 0.6 is 0 Å². The molecular formula is C29H19N. The summed E-state index contributed by atoms with van der Waals surface area (Å²) in [5.41, 5.74) is 4.97. The second-order valence-electron chi connectivity index (χ2n) is 7.67. The van der Waals surface area contributed by atoms with Gasteiger partial charge < -0.3 is 0 Å². The molecule has 0 N–H and O–H groups in total. The number of hydrogen-bond donors (Lipinski definition) is 0. The highest BCUT2D eigenvalue weighted by molar-refractivity contribution is 6.11. The van der Waals surface area contributed by atoms with Gasteiger partial charge in [-0.15, -0.1) is 0 Å². The first-order chi connectivity index (χ1) is 14.9. The quantitative estimate of drug-likeness (QED) is 0.278. The zero-order valence-corrected chi connectivity index (χ0v) is 16.4. The predicted octanol–water partition coefficient (Wildman–Crippen LogP) is 7.88. The zero-order valence-electron chi connectivity index (χ0n) is 16.4. The fourth-order valence-corrected chi connectivity index (χ4v) is 4.52. The highest BCUT2D eigenvalue weighted by Gasteiger charge is 2.12. The average Bonchev–Trinajstić information content (AvgIpc) is 2.82. The molecule has 0 saturated heterocycles. The maximum atomic E-state index is 4.18. The molecule has 1 heterocycles. The Morgan fingerprint density at radius 2 is 1.00 bits per heavy atom. The number of rotatable bonds is 2. The Bertz CT molecular complexity index is 1530. The van der Waals surface area contributed by atoms with Crippen molar-refractivity contribution in [2.45, 2.75) is 0 Å². The van der Waals surface area contributed by atoms with E-state index < -0.39 is 0 Å². The van der Waals surface area contributed by atoms with E-state index >= 15 is 0 Å². The molecule has 6 aromatic rings. The molecule has 0 radical (unpaired) electrons. The van der Waals surface area contributed by atoms with E-state index in [2.05, 4.69) is 108 Å². The molecule has 0 bridgehead atoms. The number of aromatic nitrogens is 1. The number of pyridine rings is 1. The van der Waals surface area contributed by atoms with Gasteiger partial charge in [-0.3, -0.25) is 4.98 Å². The molecule has 0 aliphatic carbocycles. The van der Waals surface area contributed by atoms with Crippen molar-refractivity contribution in [3.8, 4) is 22.3 Å². The minimum Gasteiger partial charge on any atom is -0.265 e. The number of hydrogen-bond acceptors (Lipinski definition) is 1. The number of fused-ring (bicyclic) bond motifs is 3. The van der Waals surface area contributed by atoms with Crippen LogP contribution in [-0.4, -0.2) is 4.98 Å². The van der Waals surface area contributed by atoms with E-state index in [1.807, 2.05) is 12.4 Å². The van der Waals surface area contributed by atoms with Crippen LogP contribution in [0.15, 0.2) is 116 Å². The second kappa shape index (κ2) is 6.82. The van der Waals surface area contributed by atoms with Crippen LogP contribution in [0.5, 0.6) is 0 Å². The maximum absolute atomic E-state index is 4.18. The third-order valence-electron chi connectivity index (χ3n) is 5.95. The molecule has 0 fully saturated rings. The molecule has 140 valence electrons. The molecular weight excluding hydrogens is 362 g/mol. The highest BCUT2D eigenvalue weighted by Crippen LogP contribution is 2.39. The summed E-state index contributed by atoms with van der Waals surface area (Å²) < 4.78 is 0. The van der Waals surface area contributed by atoms with Crippen LogP contribution < -0.4 is 0 Å². The van der Waals surface area contributed by atoms with Gasteiger partial charge >= 0.3 is 0 Å². The van der Waals surface area contributed by atoms with Crippen molar-refractivity contribution in [1.29, 1.82) is 0 Å². The molecule has 30 heavy (non-hydrogen) atoms. The first kappa shape index (κ1) is 16.9. The van der Waals surface area contributed by atoms with E-state index in [9.17, 15) is 0 Å². The van der Waals surface area contributed by atoms with E-state index in [-0.39, 0.29) is 0 Å². The van der Waals surface area contributed by atoms with Crippen LogP contribution in [0, 0.1) is 0 Å². The zero-order chi connectivity index (χ0) is 19.9. The van der Waals surface area contributed by atoms with Gasteiger partial charge in [-0.05, 0) is 78.8 Å². The molecule has 0 atom stereocenters. The Morgan fingerprint density at radius 1 is 0.400 bits per heavy atom. The van der Waals surface area contributed by atoms with Crippen LogP contribution in [0.4, 0.5) is 0 Å². The van der Waals surface area contributed by atoms with Crippen LogP contribution in [0.3, 0.4) is 0 Å². The van der Waals surface area contributed by atoms with E-state index in [1.165, 1.54) is 54.6 Å². The first-order valence-electron chi connectivity index (χ1n) is 10.2. The van der Waals surface area contributed by atoms with Gasteiger partial charge in [0.1, 0.15) is 0 Å². The SMILES string of the molecule is c1ccc2cc3c(-c4ccc(-c5ccncc5)c5ccccc45)cccc3cc2c1. The van der Waals surface area contributed by atoms with Gasteiger partial charge in [0, 0.05) is 12.4 Å². The maximum Gasteiger partial charge on any atom is 0.0273 e. The highest BCUT2D eigenvalue weighted by atomic mass is 14.6. The third kappa shape index (κ3) is 2.67. The lowest BCUT2D eigenvalue weighted by Gasteiger charge is -2.14. The first-order valence-corrected chi connectivity index (χ1v) is 10.2. The summed E-state index contributed by atoms with van der Waals surface area (Å²) in [6, 6.07) is 37.2. The lowest BCUT2D eigenvalue weighted by molar-refractivity contribution is 1.33. The van der Waals surface area contributed by atoms with Crippen LogP contribution in [0.1, 0.15) is 0 Å². The Morgan fingerprint density at radius 3 is 1.80 bits per heavy atom. The van der Waals surface area contributed by atoms with E-state index in [1.54, 1.807) is 0 Å². The summed E-state index contributed by atoms with van der Waals surface area (Å²) in [5, 5.41) is 7.65. The molecule has 0 spiro atoms. The molecule has 1 nitrogen and oxygen atoms in total. The van der Waals surface area contributed by atoms with Crippen molar-refractivity contribution < 1.29 is 0 Å². The van der Waals surface area contributed by atoms with Crippen LogP contribution in [-0.2, 0) is 0 Å². The van der Waals surface area contributed by atoms with E-state index in [0.29, 0.717) is 0 Å². The smallest absolute Gasteiger partial charge is 0.0273 e. The van der Waals surface area contributed by atoms with Crippen LogP contribution in [0.2, 0.25) is 0 Å². The van der Waals surface area contributed by atoms with Gasteiger partial charge in [0.15, 0.2) is 0 Å². The van der Waals surface area contributed by atoms with Gasteiger partial charge in [0.25, 0.3) is 0 Å². The number of benzene rings is 5. The van der Waals surface area contributed by atoms with Crippen molar-refractivity contribution >= 4 is 32.3 Å². The van der Waals surface area contributed by atoms with E-state index in [0.717, 1.165) is 0 Å². The Labute approximate surface area is 175 Å². The molecule has 1 aromatic heterocycles. The molecule has 1 heteroatoms. The lowest BCUT2D eigenvalue weighted by atomic mass is 9.89. The Hall–Kier alpha value is -3.97. The lowest BCUT2D eigenvalue weighted by Crippen LogP contribution is -1.88. The van der Waals surface area contributed by atoms with Crippen molar-refractivity contribution in [2.75, 3.05) is 0 Å². The third-order valence-corrected chi connectivity index (χ3v) is 5.95. The fourth-order valence-electron chi connectivity index (χ4n) is 4.52. The van der Waals surface area contributed by atoms with Crippen LogP contribution in [0.25, 0.3) is 54.6 Å². The molecule has 5 aromatic carbocycles. The summed E-state index contributed by atoms with van der Waals surface area (Å²) in [6.07, 6.45) is 3.71. The largest absolute Gasteiger partial charge is 0.265 e. The van der Waals surface area contributed by atoms with Gasteiger partial charge in [0.05, 0.1) is 0 Å². The van der Waals surface area contributed by atoms with Gasteiger partial charge in [-0.2, -0.15) is 0 Å². The topological polar surface area (TPSA) is 12.9 Å². The van der Waals surface area contributed by atoms with Crippen molar-refractivity contribution in [3.63, 3.8) is 0 Å². The molecule has 0 amide bonds. The Balaban J connectivity index is 1.66. The Kier molecular flexibility index (Phi) is 3.85. The standard InChI is InChI=1S/C29H19N/c1-2-7-22-19-29-23(18-21(22)6-1)8-5-11-27(29)28-13-12-24(20-14-16-30-17-15-20)25-9-3-4-10-26(25)28/h1-19H. The summed E-state index contributed by atoms with van der Waals surface area (Å²) in [4.78, 5) is 4.18.